The third kappa shape index (κ3) is 1.65. The average Bonchev–Trinajstić information content (AvgIpc) is 2.55. The molecule has 1 aromatic carbocycles. The van der Waals surface area contributed by atoms with Gasteiger partial charge in [-0.2, -0.15) is 0 Å². The van der Waals surface area contributed by atoms with Gasteiger partial charge < -0.3 is 10.7 Å². The maximum absolute atomic E-state index is 6.08. The number of rotatable bonds is 1. The zero-order valence-electron chi connectivity index (χ0n) is 9.81. The van der Waals surface area contributed by atoms with Crippen LogP contribution < -0.4 is 5.73 Å². The Balaban J connectivity index is 2.72. The molecule has 0 aliphatic heterocycles. The van der Waals surface area contributed by atoms with Crippen molar-refractivity contribution in [3.05, 3.63) is 35.0 Å². The fourth-order valence-electron chi connectivity index (χ4n) is 1.80. The van der Waals surface area contributed by atoms with E-state index < -0.39 is 0 Å². The number of H-pyrrole nitrogens is 1. The lowest BCUT2D eigenvalue weighted by Crippen LogP contribution is -2.28. The molecule has 1 heterocycles. The second-order valence-electron chi connectivity index (χ2n) is 4.88. The van der Waals surface area contributed by atoms with Gasteiger partial charge in [0.25, 0.3) is 0 Å². The summed E-state index contributed by atoms with van der Waals surface area (Å²) in [5.74, 6) is 0. The first-order valence-electron chi connectivity index (χ1n) is 5.28. The van der Waals surface area contributed by atoms with E-state index >= 15 is 0 Å². The van der Waals surface area contributed by atoms with Crippen LogP contribution in [0.1, 0.15) is 30.7 Å². The highest BCUT2D eigenvalue weighted by atomic mass is 14.8. The van der Waals surface area contributed by atoms with Gasteiger partial charge in [0.1, 0.15) is 0 Å². The van der Waals surface area contributed by atoms with Gasteiger partial charge in [0.05, 0.1) is 5.54 Å². The van der Waals surface area contributed by atoms with Crippen LogP contribution in [0.25, 0.3) is 10.9 Å². The van der Waals surface area contributed by atoms with Crippen LogP contribution >= 0.6 is 0 Å². The van der Waals surface area contributed by atoms with Crippen molar-refractivity contribution < 1.29 is 0 Å². The number of nitrogens with two attached hydrogens (primary N) is 1. The quantitative estimate of drug-likeness (QED) is 0.733. The minimum atomic E-state index is -0.306. The Morgan fingerprint density at radius 2 is 1.87 bits per heavy atom. The zero-order chi connectivity index (χ0) is 11.2. The van der Waals surface area contributed by atoms with Crippen molar-refractivity contribution >= 4 is 10.9 Å². The minimum absolute atomic E-state index is 0.306. The molecule has 0 aliphatic carbocycles. The molecule has 0 spiro atoms. The molecule has 0 atom stereocenters. The molecule has 0 bridgehead atoms. The van der Waals surface area contributed by atoms with E-state index in [0.29, 0.717) is 0 Å². The van der Waals surface area contributed by atoms with E-state index in [2.05, 4.69) is 37.0 Å². The predicted octanol–water partition coefficient (Wildman–Crippen LogP) is 2.98. The molecule has 2 aromatic rings. The van der Waals surface area contributed by atoms with Crippen molar-refractivity contribution in [1.29, 1.82) is 0 Å². The number of aromatic amines is 1. The number of aryl methyl sites for hydroxylation is 2. The van der Waals surface area contributed by atoms with Crippen molar-refractivity contribution in [1.82, 2.24) is 4.98 Å². The SMILES string of the molecule is Cc1ccc2cc(C(C)(C)N)[nH]c2c1C. The minimum Gasteiger partial charge on any atom is -0.357 e. The van der Waals surface area contributed by atoms with Crippen molar-refractivity contribution in [3.63, 3.8) is 0 Å². The van der Waals surface area contributed by atoms with E-state index in [1.165, 1.54) is 22.0 Å². The molecule has 2 rings (SSSR count). The normalized spacial score (nSPS) is 12.3. The molecule has 0 radical (unpaired) electrons. The Morgan fingerprint density at radius 3 is 2.47 bits per heavy atom. The zero-order valence-corrected chi connectivity index (χ0v) is 9.81. The van der Waals surface area contributed by atoms with Gasteiger partial charge >= 0.3 is 0 Å². The number of aromatic nitrogens is 1. The maximum atomic E-state index is 6.08. The first-order chi connectivity index (χ1) is 6.89. The van der Waals surface area contributed by atoms with Crippen molar-refractivity contribution in [2.75, 3.05) is 0 Å². The Bertz CT molecular complexity index is 501. The van der Waals surface area contributed by atoms with E-state index in [0.717, 1.165) is 5.69 Å². The largest absolute Gasteiger partial charge is 0.357 e. The Kier molecular flexibility index (Phi) is 2.12. The highest BCUT2D eigenvalue weighted by Gasteiger charge is 2.17. The van der Waals surface area contributed by atoms with Gasteiger partial charge in [-0.25, -0.2) is 0 Å². The molecule has 2 heteroatoms. The molecule has 0 saturated carbocycles. The van der Waals surface area contributed by atoms with E-state index in [9.17, 15) is 0 Å². The van der Waals surface area contributed by atoms with Gasteiger partial charge in [-0.3, -0.25) is 0 Å². The molecule has 3 N–H and O–H groups in total. The van der Waals surface area contributed by atoms with Crippen LogP contribution in [0.15, 0.2) is 18.2 Å². The first-order valence-corrected chi connectivity index (χ1v) is 5.28. The van der Waals surface area contributed by atoms with Crippen LogP contribution in [0.4, 0.5) is 0 Å². The van der Waals surface area contributed by atoms with Crippen LogP contribution in [0.3, 0.4) is 0 Å². The molecule has 2 nitrogen and oxygen atoms in total. The predicted molar refractivity (Wildman–Crippen MR) is 65.0 cm³/mol. The Labute approximate surface area is 90.5 Å². The van der Waals surface area contributed by atoms with Crippen molar-refractivity contribution in [2.45, 2.75) is 33.2 Å². The number of benzene rings is 1. The molecule has 0 amide bonds. The van der Waals surface area contributed by atoms with E-state index in [4.69, 9.17) is 5.73 Å². The standard InChI is InChI=1S/C13H18N2/c1-8-5-6-10-7-11(13(3,4)14)15-12(10)9(8)2/h5-7,15H,14H2,1-4H3. The Morgan fingerprint density at radius 1 is 1.20 bits per heavy atom. The first kappa shape index (κ1) is 10.2. The number of fused-ring (bicyclic) bond motifs is 1. The lowest BCUT2D eigenvalue weighted by atomic mass is 10.0. The molecule has 80 valence electrons. The smallest absolute Gasteiger partial charge is 0.0504 e. The topological polar surface area (TPSA) is 41.8 Å². The third-order valence-electron chi connectivity index (χ3n) is 3.02. The summed E-state index contributed by atoms with van der Waals surface area (Å²) in [6, 6.07) is 6.43. The second kappa shape index (κ2) is 3.11. The number of nitrogens with one attached hydrogen (secondary N) is 1. The summed E-state index contributed by atoms with van der Waals surface area (Å²) in [6.45, 7) is 8.30. The molecule has 0 saturated heterocycles. The van der Waals surface area contributed by atoms with Gasteiger partial charge in [0.15, 0.2) is 0 Å². The van der Waals surface area contributed by atoms with Crippen LogP contribution in [-0.4, -0.2) is 4.98 Å². The maximum Gasteiger partial charge on any atom is 0.0504 e. The summed E-state index contributed by atoms with van der Waals surface area (Å²) in [6.07, 6.45) is 0. The fraction of sp³-hybridized carbons (Fsp3) is 0.385. The Hall–Kier alpha value is -1.28. The highest BCUT2D eigenvalue weighted by molar-refractivity contribution is 5.84. The summed E-state index contributed by atoms with van der Waals surface area (Å²) in [4.78, 5) is 3.42. The van der Waals surface area contributed by atoms with Crippen LogP contribution in [-0.2, 0) is 5.54 Å². The van der Waals surface area contributed by atoms with Crippen LogP contribution in [0.5, 0.6) is 0 Å². The van der Waals surface area contributed by atoms with Crippen LogP contribution in [0, 0.1) is 13.8 Å². The molecule has 1 aromatic heterocycles. The highest BCUT2D eigenvalue weighted by Crippen LogP contribution is 2.25. The molecular weight excluding hydrogens is 184 g/mol. The summed E-state index contributed by atoms with van der Waals surface area (Å²) in [5, 5.41) is 1.24. The monoisotopic (exact) mass is 202 g/mol. The second-order valence-corrected chi connectivity index (χ2v) is 4.88. The summed E-state index contributed by atoms with van der Waals surface area (Å²) >= 11 is 0. The number of hydrogen-bond acceptors (Lipinski definition) is 1. The molecule has 0 aliphatic rings. The molecule has 0 fully saturated rings. The average molecular weight is 202 g/mol. The molecular formula is C13H18N2. The van der Waals surface area contributed by atoms with Gasteiger partial charge in [-0.15, -0.1) is 0 Å². The van der Waals surface area contributed by atoms with Gasteiger partial charge in [0.2, 0.25) is 0 Å². The van der Waals surface area contributed by atoms with Crippen molar-refractivity contribution in [3.8, 4) is 0 Å². The van der Waals surface area contributed by atoms with Crippen molar-refractivity contribution in [2.24, 2.45) is 5.73 Å². The summed E-state index contributed by atoms with van der Waals surface area (Å²) < 4.78 is 0. The molecule has 15 heavy (non-hydrogen) atoms. The van der Waals surface area contributed by atoms with E-state index in [1.54, 1.807) is 0 Å². The summed E-state index contributed by atoms with van der Waals surface area (Å²) in [7, 11) is 0. The third-order valence-corrected chi connectivity index (χ3v) is 3.02. The van der Waals surface area contributed by atoms with Gasteiger partial charge in [-0.1, -0.05) is 12.1 Å². The van der Waals surface area contributed by atoms with Gasteiger partial charge in [0, 0.05) is 16.6 Å². The summed E-state index contributed by atoms with van der Waals surface area (Å²) in [5.41, 5.74) is 10.7. The lowest BCUT2D eigenvalue weighted by molar-refractivity contribution is 0.540. The number of hydrogen-bond donors (Lipinski definition) is 2. The van der Waals surface area contributed by atoms with Crippen LogP contribution in [0.2, 0.25) is 0 Å². The van der Waals surface area contributed by atoms with E-state index in [-0.39, 0.29) is 5.54 Å². The van der Waals surface area contributed by atoms with Gasteiger partial charge in [-0.05, 0) is 44.9 Å². The van der Waals surface area contributed by atoms with E-state index in [1.807, 2.05) is 13.8 Å². The fourth-order valence-corrected chi connectivity index (χ4v) is 1.80. The molecule has 0 unspecified atom stereocenters. The lowest BCUT2D eigenvalue weighted by Gasteiger charge is -2.16.